The van der Waals surface area contributed by atoms with Gasteiger partial charge >= 0.3 is 0 Å². The van der Waals surface area contributed by atoms with E-state index in [2.05, 4.69) is 32.6 Å². The van der Waals surface area contributed by atoms with E-state index in [-0.39, 0.29) is 25.8 Å². The van der Waals surface area contributed by atoms with Crippen molar-refractivity contribution in [2.24, 2.45) is 5.73 Å². The number of anilines is 2. The van der Waals surface area contributed by atoms with E-state index in [9.17, 15) is 5.26 Å². The number of benzene rings is 2. The Bertz CT molecular complexity index is 1000. The van der Waals surface area contributed by atoms with Crippen molar-refractivity contribution in [3.63, 3.8) is 0 Å². The summed E-state index contributed by atoms with van der Waals surface area (Å²) in [6.07, 6.45) is 0.163. The number of nitriles is 1. The molecule has 4 rings (SSSR count). The molecule has 1 aromatic heterocycles. The summed E-state index contributed by atoms with van der Waals surface area (Å²) in [4.78, 5) is 8.58. The van der Waals surface area contributed by atoms with Crippen LogP contribution >= 0.6 is 0 Å². The van der Waals surface area contributed by atoms with Crippen LogP contribution in [0.5, 0.6) is 5.75 Å². The molecule has 0 atom stereocenters. The highest BCUT2D eigenvalue weighted by molar-refractivity contribution is 5.75. The van der Waals surface area contributed by atoms with Gasteiger partial charge in [0.25, 0.3) is 0 Å². The summed E-state index contributed by atoms with van der Waals surface area (Å²) in [5, 5.41) is 32.4. The number of carbonyl (C=O) groups excluding carboxylic acids is 1. The minimum atomic E-state index is -0.0981. The average Bonchev–Trinajstić information content (AvgIpc) is 3.39. The number of H-pyrrole nitrogens is 1. The number of primary amides is 1. The van der Waals surface area contributed by atoms with E-state index in [0.29, 0.717) is 11.3 Å². The number of aromatic amines is 1. The molecule has 2 aromatic carbocycles. The zero-order valence-electron chi connectivity index (χ0n) is 15.4. The van der Waals surface area contributed by atoms with Crippen molar-refractivity contribution in [2.75, 3.05) is 23.8 Å². The first-order chi connectivity index (χ1) is 14.2. The second-order valence-electron chi connectivity index (χ2n) is 6.01. The Hall–Kier alpha value is -4.03. The standard InChI is InChI=1S/C19H17N5O2.CH3NO/c20-11-13-9-12(5-6-18(13)26-8-7-25)16-10-17(24-23-16)19-21-14-3-1-2-4-15(14)22-19;2-1-3/h1-6,9-10,19,21-22,25H,7-8H2,(H,23,24);1H,(H2,2,3). The minimum Gasteiger partial charge on any atom is -0.490 e. The quantitative estimate of drug-likeness (QED) is 0.417. The first-order valence-corrected chi connectivity index (χ1v) is 8.81. The van der Waals surface area contributed by atoms with Crippen molar-refractivity contribution in [3.05, 3.63) is 59.8 Å². The summed E-state index contributed by atoms with van der Waals surface area (Å²) in [5.41, 5.74) is 9.12. The van der Waals surface area contributed by atoms with Crippen molar-refractivity contribution in [1.29, 1.82) is 5.26 Å². The van der Waals surface area contributed by atoms with Gasteiger partial charge in [0.15, 0.2) is 0 Å². The monoisotopic (exact) mass is 392 g/mol. The predicted octanol–water partition coefficient (Wildman–Crippen LogP) is 1.96. The van der Waals surface area contributed by atoms with Gasteiger partial charge in [0, 0.05) is 5.56 Å². The zero-order chi connectivity index (χ0) is 20.6. The predicted molar refractivity (Wildman–Crippen MR) is 108 cm³/mol. The number of para-hydroxylation sites is 2. The van der Waals surface area contributed by atoms with Gasteiger partial charge in [-0.3, -0.25) is 9.89 Å². The van der Waals surface area contributed by atoms with Crippen LogP contribution in [0.1, 0.15) is 17.4 Å². The minimum absolute atomic E-state index is 0.0868. The Kier molecular flexibility index (Phi) is 6.29. The van der Waals surface area contributed by atoms with E-state index in [1.165, 1.54) is 0 Å². The first kappa shape index (κ1) is 19.7. The fraction of sp³-hybridized carbons (Fsp3) is 0.150. The molecular weight excluding hydrogens is 372 g/mol. The van der Waals surface area contributed by atoms with Gasteiger partial charge in [-0.25, -0.2) is 0 Å². The van der Waals surface area contributed by atoms with Gasteiger partial charge in [0.05, 0.1) is 34.9 Å². The van der Waals surface area contributed by atoms with E-state index >= 15 is 0 Å². The Morgan fingerprint density at radius 1 is 1.21 bits per heavy atom. The lowest BCUT2D eigenvalue weighted by atomic mass is 10.1. The number of nitrogens with two attached hydrogens (primary N) is 1. The van der Waals surface area contributed by atoms with Crippen molar-refractivity contribution in [3.8, 4) is 23.1 Å². The number of nitrogens with zero attached hydrogens (tertiary/aromatic N) is 2. The van der Waals surface area contributed by atoms with Gasteiger partial charge in [-0.1, -0.05) is 12.1 Å². The number of hydrogen-bond donors (Lipinski definition) is 5. The topological polar surface area (TPSA) is 149 Å². The fourth-order valence-electron chi connectivity index (χ4n) is 2.93. The number of hydrogen-bond acceptors (Lipinski definition) is 7. The summed E-state index contributed by atoms with van der Waals surface area (Å²) in [5.74, 6) is 0.454. The molecule has 0 saturated carbocycles. The summed E-state index contributed by atoms with van der Waals surface area (Å²) in [6, 6.07) is 17.4. The number of aromatic nitrogens is 2. The third kappa shape index (κ3) is 4.45. The van der Waals surface area contributed by atoms with E-state index in [0.717, 1.165) is 28.3 Å². The zero-order valence-corrected chi connectivity index (χ0v) is 15.4. The molecule has 2 heterocycles. The van der Waals surface area contributed by atoms with Crippen LogP contribution in [0.2, 0.25) is 0 Å². The Morgan fingerprint density at radius 2 is 1.90 bits per heavy atom. The molecule has 9 nitrogen and oxygen atoms in total. The molecule has 0 fully saturated rings. The maximum absolute atomic E-state index is 9.33. The number of aliphatic hydroxyl groups excluding tert-OH is 1. The molecule has 1 aliphatic rings. The number of rotatable bonds is 5. The number of carbonyl (C=O) groups is 1. The highest BCUT2D eigenvalue weighted by atomic mass is 16.5. The third-order valence-electron chi connectivity index (χ3n) is 4.18. The van der Waals surface area contributed by atoms with Crippen LogP contribution in [0.25, 0.3) is 11.3 Å². The van der Waals surface area contributed by atoms with Gasteiger partial charge in [-0.15, -0.1) is 0 Å². The lowest BCUT2D eigenvalue weighted by molar-refractivity contribution is -0.106. The van der Waals surface area contributed by atoms with Crippen LogP contribution in [-0.2, 0) is 4.79 Å². The number of ether oxygens (including phenoxy) is 1. The van der Waals surface area contributed by atoms with Crippen molar-refractivity contribution >= 4 is 17.8 Å². The van der Waals surface area contributed by atoms with Gasteiger partial charge < -0.3 is 26.2 Å². The second-order valence-corrected chi connectivity index (χ2v) is 6.01. The number of aliphatic hydroxyl groups is 1. The van der Waals surface area contributed by atoms with Crippen molar-refractivity contribution < 1.29 is 14.6 Å². The Morgan fingerprint density at radius 3 is 2.52 bits per heavy atom. The largest absolute Gasteiger partial charge is 0.490 e. The van der Waals surface area contributed by atoms with Crippen LogP contribution in [-0.4, -0.2) is 34.9 Å². The summed E-state index contributed by atoms with van der Waals surface area (Å²) >= 11 is 0. The maximum atomic E-state index is 9.33. The molecule has 0 saturated heterocycles. The molecule has 0 bridgehead atoms. The van der Waals surface area contributed by atoms with Gasteiger partial charge in [0.2, 0.25) is 6.41 Å². The van der Waals surface area contributed by atoms with Crippen LogP contribution in [0.4, 0.5) is 11.4 Å². The first-order valence-electron chi connectivity index (χ1n) is 8.81. The lowest BCUT2D eigenvalue weighted by Crippen LogP contribution is -2.12. The fourth-order valence-corrected chi connectivity index (χ4v) is 2.93. The van der Waals surface area contributed by atoms with Crippen LogP contribution < -0.4 is 21.1 Å². The highest BCUT2D eigenvalue weighted by Gasteiger charge is 2.22. The van der Waals surface area contributed by atoms with Crippen molar-refractivity contribution in [1.82, 2.24) is 10.2 Å². The van der Waals surface area contributed by atoms with Crippen molar-refractivity contribution in [2.45, 2.75) is 6.17 Å². The van der Waals surface area contributed by atoms with E-state index < -0.39 is 0 Å². The molecule has 9 heteroatoms. The second kappa shape index (κ2) is 9.25. The van der Waals surface area contributed by atoms with Gasteiger partial charge in [0.1, 0.15) is 24.6 Å². The van der Waals surface area contributed by atoms with Crippen LogP contribution in [0.15, 0.2) is 48.5 Å². The molecular formula is C20H20N6O3. The molecule has 0 aliphatic carbocycles. The summed E-state index contributed by atoms with van der Waals surface area (Å²) in [6.45, 7) is 0.0548. The molecule has 0 unspecified atom stereocenters. The van der Waals surface area contributed by atoms with E-state index in [4.69, 9.17) is 14.6 Å². The average molecular weight is 392 g/mol. The third-order valence-corrected chi connectivity index (χ3v) is 4.18. The lowest BCUT2D eigenvalue weighted by Gasteiger charge is -2.09. The van der Waals surface area contributed by atoms with Crippen LogP contribution in [0, 0.1) is 11.3 Å². The van der Waals surface area contributed by atoms with Gasteiger partial charge in [-0.2, -0.15) is 10.4 Å². The Labute approximate surface area is 167 Å². The molecule has 29 heavy (non-hydrogen) atoms. The van der Waals surface area contributed by atoms with E-state index in [1.54, 1.807) is 12.1 Å². The molecule has 1 amide bonds. The van der Waals surface area contributed by atoms with Crippen LogP contribution in [0.3, 0.4) is 0 Å². The normalized spacial score (nSPS) is 11.9. The van der Waals surface area contributed by atoms with Gasteiger partial charge in [-0.05, 0) is 36.4 Å². The Balaban J connectivity index is 0.000000755. The molecule has 148 valence electrons. The highest BCUT2D eigenvalue weighted by Crippen LogP contribution is 2.35. The molecule has 1 aliphatic heterocycles. The molecule has 3 aromatic rings. The van der Waals surface area contributed by atoms with E-state index in [1.807, 2.05) is 36.4 Å². The smallest absolute Gasteiger partial charge is 0.204 e. The molecule has 0 radical (unpaired) electrons. The summed E-state index contributed by atoms with van der Waals surface area (Å²) < 4.78 is 5.37. The molecule has 0 spiro atoms. The maximum Gasteiger partial charge on any atom is 0.204 e. The molecule has 6 N–H and O–H groups in total. The summed E-state index contributed by atoms with van der Waals surface area (Å²) in [7, 11) is 0. The SMILES string of the molecule is N#Cc1cc(-c2cc(C3Nc4ccccc4N3)[nH]n2)ccc1OCCO.NC=O. The number of amides is 1. The number of nitrogens with one attached hydrogen (secondary N) is 3. The number of fused-ring (bicyclic) bond motifs is 1.